The number of carbonyl (C=O) groups excluding carboxylic acids is 1. The molecule has 72 valence electrons. The standard InChI is InChI=1S/C9H14N2OS/c10-3-4-11-9(12)7-8-1-5-13-6-2-8/h8H,1-2,4-7H2,(H,11,12). The van der Waals surface area contributed by atoms with E-state index >= 15 is 0 Å². The Hall–Kier alpha value is -0.690. The Balaban J connectivity index is 2.15. The highest BCUT2D eigenvalue weighted by Gasteiger charge is 2.16. The minimum Gasteiger partial charge on any atom is -0.343 e. The molecule has 4 heteroatoms. The van der Waals surface area contributed by atoms with Gasteiger partial charge in [0.25, 0.3) is 0 Å². The molecule has 0 aromatic rings. The summed E-state index contributed by atoms with van der Waals surface area (Å²) in [7, 11) is 0. The molecule has 1 amide bonds. The molecule has 0 bridgehead atoms. The number of amides is 1. The SMILES string of the molecule is N#CCNC(=O)CC1CCSCC1. The zero-order chi connectivity index (χ0) is 9.52. The maximum absolute atomic E-state index is 11.2. The van der Waals surface area contributed by atoms with Crippen molar-refractivity contribution < 1.29 is 4.79 Å². The second-order valence-electron chi connectivity index (χ2n) is 3.19. The Morgan fingerprint density at radius 3 is 2.85 bits per heavy atom. The summed E-state index contributed by atoms with van der Waals surface area (Å²) in [5.74, 6) is 2.92. The molecule has 0 atom stereocenters. The first-order valence-corrected chi connectivity index (χ1v) is 5.70. The Labute approximate surface area is 82.9 Å². The molecule has 1 rings (SSSR count). The minimum atomic E-state index is 0.0263. The number of thioether (sulfide) groups is 1. The molecule has 0 aromatic carbocycles. The van der Waals surface area contributed by atoms with Crippen LogP contribution in [0.5, 0.6) is 0 Å². The van der Waals surface area contributed by atoms with Crippen LogP contribution in [0.15, 0.2) is 0 Å². The van der Waals surface area contributed by atoms with Gasteiger partial charge in [-0.25, -0.2) is 0 Å². The van der Waals surface area contributed by atoms with E-state index in [1.807, 2.05) is 17.8 Å². The lowest BCUT2D eigenvalue weighted by molar-refractivity contribution is -0.121. The normalized spacial score (nSPS) is 17.8. The molecule has 13 heavy (non-hydrogen) atoms. The van der Waals surface area contributed by atoms with Crippen molar-refractivity contribution in [3.05, 3.63) is 0 Å². The summed E-state index contributed by atoms with van der Waals surface area (Å²) in [5, 5.41) is 10.8. The number of carbonyl (C=O) groups is 1. The molecule has 0 saturated carbocycles. The summed E-state index contributed by atoms with van der Waals surface area (Å²) in [6.45, 7) is 0.139. The Morgan fingerprint density at radius 1 is 1.54 bits per heavy atom. The zero-order valence-electron chi connectivity index (χ0n) is 7.58. The number of nitriles is 1. The van der Waals surface area contributed by atoms with E-state index in [4.69, 9.17) is 5.26 Å². The zero-order valence-corrected chi connectivity index (χ0v) is 8.40. The van der Waals surface area contributed by atoms with Crippen molar-refractivity contribution in [3.63, 3.8) is 0 Å². The lowest BCUT2D eigenvalue weighted by Gasteiger charge is -2.20. The van der Waals surface area contributed by atoms with Crippen LogP contribution in [0.1, 0.15) is 19.3 Å². The van der Waals surface area contributed by atoms with Crippen LogP contribution in [0.2, 0.25) is 0 Å². The van der Waals surface area contributed by atoms with Crippen LogP contribution in [0.25, 0.3) is 0 Å². The van der Waals surface area contributed by atoms with Crippen LogP contribution < -0.4 is 5.32 Å². The summed E-state index contributed by atoms with van der Waals surface area (Å²) in [5.41, 5.74) is 0. The van der Waals surface area contributed by atoms with Crippen LogP contribution >= 0.6 is 11.8 Å². The third-order valence-electron chi connectivity index (χ3n) is 2.18. The quantitative estimate of drug-likeness (QED) is 0.692. The van der Waals surface area contributed by atoms with Gasteiger partial charge >= 0.3 is 0 Å². The molecule has 3 nitrogen and oxygen atoms in total. The molecule has 0 spiro atoms. The highest BCUT2D eigenvalue weighted by Crippen LogP contribution is 2.24. The molecule has 0 aromatic heterocycles. The van der Waals surface area contributed by atoms with E-state index in [-0.39, 0.29) is 12.5 Å². The van der Waals surface area contributed by atoms with Gasteiger partial charge in [-0.15, -0.1) is 0 Å². The van der Waals surface area contributed by atoms with Gasteiger partial charge in [0.15, 0.2) is 0 Å². The van der Waals surface area contributed by atoms with Crippen molar-refractivity contribution in [1.29, 1.82) is 5.26 Å². The Bertz CT molecular complexity index is 206. The molecule has 1 aliphatic heterocycles. The van der Waals surface area contributed by atoms with E-state index in [1.54, 1.807) is 0 Å². The summed E-state index contributed by atoms with van der Waals surface area (Å²) in [6, 6.07) is 1.90. The summed E-state index contributed by atoms with van der Waals surface area (Å²) < 4.78 is 0. The molecular formula is C9H14N2OS. The fourth-order valence-electron chi connectivity index (χ4n) is 1.42. The average Bonchev–Trinajstić information content (AvgIpc) is 2.16. The van der Waals surface area contributed by atoms with Crippen molar-refractivity contribution in [2.75, 3.05) is 18.1 Å². The fourth-order valence-corrected chi connectivity index (χ4v) is 2.63. The lowest BCUT2D eigenvalue weighted by Crippen LogP contribution is -2.27. The molecule has 0 radical (unpaired) electrons. The van der Waals surface area contributed by atoms with Gasteiger partial charge in [-0.05, 0) is 30.3 Å². The van der Waals surface area contributed by atoms with E-state index < -0.39 is 0 Å². The Kier molecular flexibility index (Phi) is 4.69. The minimum absolute atomic E-state index is 0.0263. The molecular weight excluding hydrogens is 184 g/mol. The van der Waals surface area contributed by atoms with Crippen LogP contribution in [-0.4, -0.2) is 24.0 Å². The van der Waals surface area contributed by atoms with E-state index in [1.165, 1.54) is 11.5 Å². The molecule has 1 heterocycles. The van der Waals surface area contributed by atoms with Crippen LogP contribution in [0.4, 0.5) is 0 Å². The van der Waals surface area contributed by atoms with E-state index in [9.17, 15) is 4.79 Å². The highest BCUT2D eigenvalue weighted by molar-refractivity contribution is 7.99. The smallest absolute Gasteiger partial charge is 0.221 e. The van der Waals surface area contributed by atoms with Crippen molar-refractivity contribution in [3.8, 4) is 6.07 Å². The maximum Gasteiger partial charge on any atom is 0.221 e. The second kappa shape index (κ2) is 5.87. The van der Waals surface area contributed by atoms with Crippen LogP contribution in [-0.2, 0) is 4.79 Å². The largest absolute Gasteiger partial charge is 0.343 e. The predicted octanol–water partition coefficient (Wildman–Crippen LogP) is 1.16. The molecule has 0 aliphatic carbocycles. The molecule has 0 unspecified atom stereocenters. The second-order valence-corrected chi connectivity index (χ2v) is 4.42. The van der Waals surface area contributed by atoms with Gasteiger partial charge in [0, 0.05) is 6.42 Å². The van der Waals surface area contributed by atoms with Crippen LogP contribution in [0.3, 0.4) is 0 Å². The van der Waals surface area contributed by atoms with Gasteiger partial charge in [0.05, 0.1) is 6.07 Å². The first-order chi connectivity index (χ1) is 6.33. The Morgan fingerprint density at radius 2 is 2.23 bits per heavy atom. The van der Waals surface area contributed by atoms with Crippen molar-refractivity contribution in [2.24, 2.45) is 5.92 Å². The molecule has 1 fully saturated rings. The summed E-state index contributed by atoms with van der Waals surface area (Å²) in [4.78, 5) is 11.2. The molecule has 1 saturated heterocycles. The number of rotatable bonds is 3. The van der Waals surface area contributed by atoms with Gasteiger partial charge in [-0.3, -0.25) is 4.79 Å². The fraction of sp³-hybridized carbons (Fsp3) is 0.778. The third-order valence-corrected chi connectivity index (χ3v) is 3.23. The summed E-state index contributed by atoms with van der Waals surface area (Å²) >= 11 is 1.96. The van der Waals surface area contributed by atoms with Gasteiger partial charge in [-0.1, -0.05) is 0 Å². The van der Waals surface area contributed by atoms with Crippen molar-refractivity contribution in [2.45, 2.75) is 19.3 Å². The number of nitrogens with one attached hydrogen (secondary N) is 1. The van der Waals surface area contributed by atoms with Gasteiger partial charge in [0.2, 0.25) is 5.91 Å². The number of nitrogens with zero attached hydrogens (tertiary/aromatic N) is 1. The monoisotopic (exact) mass is 198 g/mol. The van der Waals surface area contributed by atoms with E-state index in [2.05, 4.69) is 5.32 Å². The molecule has 1 aliphatic rings. The van der Waals surface area contributed by atoms with Crippen molar-refractivity contribution >= 4 is 17.7 Å². The lowest BCUT2D eigenvalue weighted by atomic mass is 9.98. The maximum atomic E-state index is 11.2. The predicted molar refractivity (Wildman–Crippen MR) is 53.3 cm³/mol. The van der Waals surface area contributed by atoms with E-state index in [0.29, 0.717) is 12.3 Å². The van der Waals surface area contributed by atoms with Gasteiger partial charge in [-0.2, -0.15) is 17.0 Å². The first-order valence-electron chi connectivity index (χ1n) is 4.54. The first kappa shape index (κ1) is 10.4. The van der Waals surface area contributed by atoms with Gasteiger partial charge in [0.1, 0.15) is 6.54 Å². The van der Waals surface area contributed by atoms with Crippen molar-refractivity contribution in [1.82, 2.24) is 5.32 Å². The average molecular weight is 198 g/mol. The number of hydrogen-bond acceptors (Lipinski definition) is 3. The summed E-state index contributed by atoms with van der Waals surface area (Å²) in [6.07, 6.45) is 2.89. The highest BCUT2D eigenvalue weighted by atomic mass is 32.2. The third kappa shape index (κ3) is 4.18. The van der Waals surface area contributed by atoms with Gasteiger partial charge < -0.3 is 5.32 Å². The van der Waals surface area contributed by atoms with Crippen LogP contribution in [0, 0.1) is 17.2 Å². The van der Waals surface area contributed by atoms with E-state index in [0.717, 1.165) is 12.8 Å². The topological polar surface area (TPSA) is 52.9 Å². The number of hydrogen-bond donors (Lipinski definition) is 1. The molecule has 1 N–H and O–H groups in total.